The van der Waals surface area contributed by atoms with Crippen molar-refractivity contribution in [1.29, 1.82) is 0 Å². The first-order valence-corrected chi connectivity index (χ1v) is 15.3. The molecule has 0 radical (unpaired) electrons. The topological polar surface area (TPSA) is 115 Å². The molecule has 0 aliphatic carbocycles. The van der Waals surface area contributed by atoms with Gasteiger partial charge < -0.3 is 20.9 Å². The Morgan fingerprint density at radius 1 is 1.11 bits per heavy atom. The lowest BCUT2D eigenvalue weighted by atomic mass is 10.00. The highest BCUT2D eigenvalue weighted by molar-refractivity contribution is 7.22. The largest absolute Gasteiger partial charge is 0.375 e. The summed E-state index contributed by atoms with van der Waals surface area (Å²) in [6, 6.07) is 18.6. The maximum atomic E-state index is 14.1. The van der Waals surface area contributed by atoms with E-state index in [4.69, 9.17) is 35.4 Å². The molecular formula is C31H27Cl2N7O3S. The molecule has 4 amide bonds. The number of nitrogens with two attached hydrogens (primary N) is 1. The lowest BCUT2D eigenvalue weighted by Crippen LogP contribution is -2.62. The van der Waals surface area contributed by atoms with Crippen molar-refractivity contribution in [3.8, 4) is 12.3 Å². The number of fused-ring (bicyclic) bond motifs is 2. The summed E-state index contributed by atoms with van der Waals surface area (Å²) in [5.41, 5.74) is 8.97. The van der Waals surface area contributed by atoms with Crippen LogP contribution in [-0.2, 0) is 22.7 Å². The number of nitrogens with zero attached hydrogens (tertiary/aromatic N) is 5. The first kappa shape index (κ1) is 29.7. The molecule has 3 N–H and O–H groups in total. The number of carbonyl (C=O) groups is 3. The number of hydrazine groups is 1. The lowest BCUT2D eigenvalue weighted by Gasteiger charge is -2.46. The number of rotatable bonds is 7. The molecule has 6 rings (SSSR count). The van der Waals surface area contributed by atoms with Crippen LogP contribution in [0.15, 0.2) is 66.7 Å². The third kappa shape index (κ3) is 5.65. The molecule has 2 atom stereocenters. The summed E-state index contributed by atoms with van der Waals surface area (Å²) in [6.45, 7) is 0.325. The van der Waals surface area contributed by atoms with Crippen LogP contribution in [0.2, 0.25) is 10.0 Å². The Labute approximate surface area is 267 Å². The third-order valence-corrected chi connectivity index (χ3v) is 9.26. The second-order valence-electron chi connectivity index (χ2n) is 10.4. The van der Waals surface area contributed by atoms with Crippen LogP contribution in [0.3, 0.4) is 0 Å². The Kier molecular flexibility index (Phi) is 8.33. The number of nitrogens with one attached hydrogen (secondary N) is 1. The molecule has 224 valence electrons. The van der Waals surface area contributed by atoms with Crippen LogP contribution >= 0.6 is 34.5 Å². The van der Waals surface area contributed by atoms with Gasteiger partial charge >= 0.3 is 6.03 Å². The molecule has 0 saturated carbocycles. The monoisotopic (exact) mass is 647 g/mol. The zero-order valence-electron chi connectivity index (χ0n) is 23.3. The molecule has 4 aromatic rings. The van der Waals surface area contributed by atoms with Gasteiger partial charge in [-0.1, -0.05) is 89.0 Å². The molecule has 10 nitrogen and oxygen atoms in total. The Morgan fingerprint density at radius 2 is 1.91 bits per heavy atom. The number of urea groups is 1. The summed E-state index contributed by atoms with van der Waals surface area (Å²) >= 11 is 13.6. The highest BCUT2D eigenvalue weighted by atomic mass is 35.5. The summed E-state index contributed by atoms with van der Waals surface area (Å²) in [6.07, 6.45) is 5.04. The predicted octanol–water partition coefficient (Wildman–Crippen LogP) is 4.50. The van der Waals surface area contributed by atoms with E-state index in [-0.39, 0.29) is 44.5 Å². The van der Waals surface area contributed by atoms with E-state index in [9.17, 15) is 14.4 Å². The number of aromatic nitrogens is 1. The van der Waals surface area contributed by atoms with E-state index in [1.165, 1.54) is 16.3 Å². The van der Waals surface area contributed by atoms with Crippen molar-refractivity contribution in [3.05, 3.63) is 93.5 Å². The number of benzene rings is 3. The van der Waals surface area contributed by atoms with Crippen molar-refractivity contribution in [1.82, 2.24) is 30.1 Å². The number of thiazole rings is 1. The van der Waals surface area contributed by atoms with Crippen molar-refractivity contribution in [3.63, 3.8) is 0 Å². The Morgan fingerprint density at radius 3 is 2.66 bits per heavy atom. The average Bonchev–Trinajstić information content (AvgIpc) is 3.56. The first-order valence-electron chi connectivity index (χ1n) is 13.7. The van der Waals surface area contributed by atoms with E-state index in [2.05, 4.69) is 16.2 Å². The van der Waals surface area contributed by atoms with Gasteiger partial charge in [0.05, 0.1) is 39.9 Å². The molecule has 0 spiro atoms. The fourth-order valence-corrected chi connectivity index (χ4v) is 6.78. The Bertz CT molecular complexity index is 1790. The zero-order valence-corrected chi connectivity index (χ0v) is 25.6. The number of halogens is 2. The first-order chi connectivity index (χ1) is 21.2. The third-order valence-electron chi connectivity index (χ3n) is 7.67. The van der Waals surface area contributed by atoms with Crippen LogP contribution in [0.4, 0.5) is 9.93 Å². The number of piperazine rings is 1. The number of terminal acetylenes is 1. The maximum absolute atomic E-state index is 14.1. The van der Waals surface area contributed by atoms with Crippen molar-refractivity contribution in [2.45, 2.75) is 25.3 Å². The summed E-state index contributed by atoms with van der Waals surface area (Å²) in [7, 11) is 0. The van der Waals surface area contributed by atoms with Crippen LogP contribution in [-0.4, -0.2) is 68.4 Å². The average molecular weight is 649 g/mol. The molecule has 2 fully saturated rings. The summed E-state index contributed by atoms with van der Waals surface area (Å²) in [5, 5.41) is 7.07. The van der Waals surface area contributed by atoms with Crippen molar-refractivity contribution in [2.75, 3.05) is 25.4 Å². The SMILES string of the molecule is C#CCN(C(=O)NCc1ccc(Cl)c(Cl)c1)N1CC(=O)N2[C@@H](c3ccccc3)C(=O)N(Cc3cccc4sc(N)nc34)C[C@@H]21. The summed E-state index contributed by atoms with van der Waals surface area (Å²) in [5.74, 6) is 2.02. The molecular weight excluding hydrogens is 621 g/mol. The normalized spacial score (nSPS) is 18.4. The van der Waals surface area contributed by atoms with Crippen molar-refractivity contribution >= 4 is 67.7 Å². The number of para-hydroxylation sites is 1. The van der Waals surface area contributed by atoms with Gasteiger partial charge in [0.1, 0.15) is 12.2 Å². The number of amides is 4. The fraction of sp³-hybridized carbons (Fsp3) is 0.226. The molecule has 13 heteroatoms. The second kappa shape index (κ2) is 12.3. The van der Waals surface area contributed by atoms with Crippen LogP contribution < -0.4 is 11.1 Å². The molecule has 0 unspecified atom stereocenters. The minimum absolute atomic E-state index is 0.0911. The summed E-state index contributed by atoms with van der Waals surface area (Å²) < 4.78 is 0.919. The predicted molar refractivity (Wildman–Crippen MR) is 170 cm³/mol. The number of anilines is 1. The number of hydrogen-bond acceptors (Lipinski definition) is 7. The van der Waals surface area contributed by atoms with Gasteiger partial charge in [0.25, 0.3) is 5.91 Å². The Hall–Kier alpha value is -4.34. The van der Waals surface area contributed by atoms with Gasteiger partial charge in [0.2, 0.25) is 5.91 Å². The van der Waals surface area contributed by atoms with Crippen LogP contribution in [0.25, 0.3) is 10.2 Å². The highest BCUT2D eigenvalue weighted by Gasteiger charge is 2.52. The van der Waals surface area contributed by atoms with Crippen LogP contribution in [0, 0.1) is 12.3 Å². The van der Waals surface area contributed by atoms with Crippen LogP contribution in [0.1, 0.15) is 22.7 Å². The number of nitrogen functional groups attached to an aromatic ring is 1. The van der Waals surface area contributed by atoms with Gasteiger partial charge in [-0.25, -0.2) is 14.8 Å². The maximum Gasteiger partial charge on any atom is 0.333 e. The zero-order chi connectivity index (χ0) is 31.0. The van der Waals surface area contributed by atoms with Gasteiger partial charge in [0, 0.05) is 13.1 Å². The number of carbonyl (C=O) groups excluding carboxylic acids is 3. The van der Waals surface area contributed by atoms with Gasteiger partial charge in [-0.05, 0) is 34.9 Å². The molecule has 2 aliphatic heterocycles. The van der Waals surface area contributed by atoms with E-state index in [1.54, 1.807) is 33.0 Å². The van der Waals surface area contributed by atoms with Gasteiger partial charge in [-0.15, -0.1) is 6.42 Å². The van der Waals surface area contributed by atoms with Gasteiger partial charge in [0.15, 0.2) is 5.13 Å². The fourth-order valence-electron chi connectivity index (χ4n) is 5.68. The van der Waals surface area contributed by atoms with Crippen molar-refractivity contribution < 1.29 is 14.4 Å². The molecule has 2 saturated heterocycles. The molecule has 2 aliphatic rings. The van der Waals surface area contributed by atoms with E-state index in [0.29, 0.717) is 20.7 Å². The molecule has 0 bridgehead atoms. The highest BCUT2D eigenvalue weighted by Crippen LogP contribution is 2.37. The standard InChI is InChI=1S/C31H27Cl2N7O3S/c1-2-13-38(31(43)35-15-19-11-12-22(32)23(33)14-19)39-18-26(41)40-25(39)17-37(29(42)28(40)20-7-4-3-5-8-20)16-21-9-6-10-24-27(21)36-30(34)44-24/h1,3-12,14,25,28H,13,15-18H2,(H2,34,36)(H,35,43)/t25-,28+/m1/s1. The molecule has 3 heterocycles. The van der Waals surface area contributed by atoms with E-state index in [0.717, 1.165) is 21.3 Å². The minimum atomic E-state index is -0.890. The van der Waals surface area contributed by atoms with Gasteiger partial charge in [-0.2, -0.15) is 5.01 Å². The van der Waals surface area contributed by atoms with E-state index < -0.39 is 18.2 Å². The minimum Gasteiger partial charge on any atom is -0.375 e. The smallest absolute Gasteiger partial charge is 0.333 e. The Balaban J connectivity index is 1.32. The summed E-state index contributed by atoms with van der Waals surface area (Å²) in [4.78, 5) is 49.1. The van der Waals surface area contributed by atoms with E-state index in [1.807, 2.05) is 48.5 Å². The van der Waals surface area contributed by atoms with Crippen LogP contribution in [0.5, 0.6) is 0 Å². The molecule has 1 aromatic heterocycles. The van der Waals surface area contributed by atoms with E-state index >= 15 is 0 Å². The van der Waals surface area contributed by atoms with Gasteiger partial charge in [-0.3, -0.25) is 9.59 Å². The quantitative estimate of drug-likeness (QED) is 0.286. The molecule has 3 aromatic carbocycles. The van der Waals surface area contributed by atoms with Crippen molar-refractivity contribution in [2.24, 2.45) is 0 Å². The lowest BCUT2D eigenvalue weighted by molar-refractivity contribution is -0.158. The second-order valence-corrected chi connectivity index (χ2v) is 12.3. The molecule has 44 heavy (non-hydrogen) atoms. The number of hydrogen-bond donors (Lipinski definition) is 2.